The third-order valence-electron chi connectivity index (χ3n) is 2.27. The molecule has 19 heavy (non-hydrogen) atoms. The highest BCUT2D eigenvalue weighted by atomic mass is 19.2. The van der Waals surface area contributed by atoms with Crippen LogP contribution >= 0.6 is 0 Å². The molecule has 7 nitrogen and oxygen atoms in total. The van der Waals surface area contributed by atoms with Gasteiger partial charge in [-0.15, -0.1) is 0 Å². The summed E-state index contributed by atoms with van der Waals surface area (Å²) in [5.41, 5.74) is -1.54. The second-order valence-corrected chi connectivity index (χ2v) is 3.45. The molecule has 0 aliphatic carbocycles. The fourth-order valence-electron chi connectivity index (χ4n) is 1.37. The lowest BCUT2D eigenvalue weighted by molar-refractivity contribution is -0.384. The van der Waals surface area contributed by atoms with Crippen LogP contribution in [0.1, 0.15) is 10.4 Å². The summed E-state index contributed by atoms with van der Waals surface area (Å²) in [5, 5.41) is 18.5. The topological polar surface area (TPSA) is 101 Å². The highest BCUT2D eigenvalue weighted by Crippen LogP contribution is 2.29. The predicted molar refractivity (Wildman–Crippen MR) is 59.6 cm³/mol. The molecule has 0 saturated heterocycles. The Morgan fingerprint density at radius 3 is 2.74 bits per heavy atom. The van der Waals surface area contributed by atoms with Crippen LogP contribution in [0.4, 0.5) is 20.2 Å². The Morgan fingerprint density at radius 2 is 2.16 bits per heavy atom. The van der Waals surface area contributed by atoms with Crippen LogP contribution in [0.5, 0.6) is 0 Å². The van der Waals surface area contributed by atoms with Gasteiger partial charge in [0.25, 0.3) is 11.6 Å². The van der Waals surface area contributed by atoms with E-state index in [1.54, 1.807) is 0 Å². The molecule has 1 amide bonds. The molecule has 0 bridgehead atoms. The Hall–Kier alpha value is -2.84. The molecule has 0 atom stereocenters. The van der Waals surface area contributed by atoms with Crippen LogP contribution in [0.2, 0.25) is 0 Å². The van der Waals surface area contributed by atoms with Gasteiger partial charge in [-0.05, 0) is 6.07 Å². The normalized spacial score (nSPS) is 10.2. The zero-order valence-electron chi connectivity index (χ0n) is 9.18. The third-order valence-corrected chi connectivity index (χ3v) is 2.27. The number of nitro benzene ring substituents is 1. The third kappa shape index (κ3) is 2.39. The molecule has 2 N–H and O–H groups in total. The van der Waals surface area contributed by atoms with Crippen molar-refractivity contribution in [3.05, 3.63) is 51.8 Å². The zero-order chi connectivity index (χ0) is 14.0. The molecular formula is C10H6F2N4O3. The van der Waals surface area contributed by atoms with E-state index in [1.165, 1.54) is 6.20 Å². The van der Waals surface area contributed by atoms with Crippen molar-refractivity contribution < 1.29 is 18.5 Å². The summed E-state index contributed by atoms with van der Waals surface area (Å²) in [4.78, 5) is 21.4. The number of hydrogen-bond acceptors (Lipinski definition) is 4. The molecule has 0 fully saturated rings. The Kier molecular flexibility index (Phi) is 3.19. The Bertz CT molecular complexity index is 642. The number of halogens is 2. The number of aromatic nitrogens is 2. The van der Waals surface area contributed by atoms with Crippen LogP contribution < -0.4 is 5.32 Å². The molecule has 0 saturated carbocycles. The first kappa shape index (κ1) is 12.6. The van der Waals surface area contributed by atoms with E-state index in [2.05, 4.69) is 10.2 Å². The summed E-state index contributed by atoms with van der Waals surface area (Å²) in [6.45, 7) is 0. The van der Waals surface area contributed by atoms with Gasteiger partial charge in [-0.1, -0.05) is 0 Å². The molecule has 0 spiro atoms. The molecule has 0 aliphatic rings. The van der Waals surface area contributed by atoms with E-state index < -0.39 is 33.8 Å². The van der Waals surface area contributed by atoms with Gasteiger partial charge in [-0.2, -0.15) is 5.10 Å². The van der Waals surface area contributed by atoms with Crippen molar-refractivity contribution in [3.8, 4) is 0 Å². The minimum absolute atomic E-state index is 0.0259. The molecule has 0 radical (unpaired) electrons. The lowest BCUT2D eigenvalue weighted by atomic mass is 10.2. The average Bonchev–Trinajstić information content (AvgIpc) is 2.88. The highest BCUT2D eigenvalue weighted by Gasteiger charge is 2.23. The Labute approximate surface area is 104 Å². The molecule has 2 aromatic rings. The second-order valence-electron chi connectivity index (χ2n) is 3.45. The maximum Gasteiger partial charge on any atom is 0.296 e. The van der Waals surface area contributed by atoms with Crippen LogP contribution in [0.25, 0.3) is 0 Å². The Balaban J connectivity index is 2.41. The van der Waals surface area contributed by atoms with Gasteiger partial charge in [0.15, 0.2) is 17.3 Å². The monoisotopic (exact) mass is 268 g/mol. The Morgan fingerprint density at radius 1 is 1.42 bits per heavy atom. The van der Waals surface area contributed by atoms with Gasteiger partial charge in [0.05, 0.1) is 16.7 Å². The van der Waals surface area contributed by atoms with Gasteiger partial charge in [-0.25, -0.2) is 8.78 Å². The number of hydrogen-bond donors (Lipinski definition) is 2. The first-order valence-electron chi connectivity index (χ1n) is 4.93. The fourth-order valence-corrected chi connectivity index (χ4v) is 1.37. The number of nitrogens with one attached hydrogen (secondary N) is 2. The minimum atomic E-state index is -1.49. The van der Waals surface area contributed by atoms with Gasteiger partial charge in [0, 0.05) is 12.3 Å². The lowest BCUT2D eigenvalue weighted by Crippen LogP contribution is -2.14. The summed E-state index contributed by atoms with van der Waals surface area (Å²) < 4.78 is 26.6. The van der Waals surface area contributed by atoms with Gasteiger partial charge in [0.1, 0.15) is 0 Å². The highest BCUT2D eigenvalue weighted by molar-refractivity contribution is 6.05. The van der Waals surface area contributed by atoms with E-state index in [9.17, 15) is 23.7 Å². The summed E-state index contributed by atoms with van der Waals surface area (Å²) in [6.07, 6.45) is 2.34. The molecule has 0 unspecified atom stereocenters. The number of carbonyl (C=O) groups excluding carboxylic acids is 1. The van der Waals surface area contributed by atoms with E-state index in [4.69, 9.17) is 0 Å². The van der Waals surface area contributed by atoms with E-state index in [0.29, 0.717) is 6.07 Å². The van der Waals surface area contributed by atoms with Crippen molar-refractivity contribution in [1.82, 2.24) is 10.2 Å². The second kappa shape index (κ2) is 4.80. The first-order valence-corrected chi connectivity index (χ1v) is 4.93. The molecule has 1 aromatic heterocycles. The zero-order valence-corrected chi connectivity index (χ0v) is 9.18. The maximum atomic E-state index is 13.5. The van der Waals surface area contributed by atoms with Crippen LogP contribution in [-0.4, -0.2) is 21.0 Å². The maximum absolute atomic E-state index is 13.5. The van der Waals surface area contributed by atoms with Gasteiger partial charge < -0.3 is 5.32 Å². The van der Waals surface area contributed by atoms with Crippen molar-refractivity contribution in [2.45, 2.75) is 0 Å². The first-order chi connectivity index (χ1) is 9.00. The number of carbonyl (C=O) groups is 1. The number of nitro groups is 1. The molecule has 2 rings (SSSR count). The van der Waals surface area contributed by atoms with Gasteiger partial charge in [0.2, 0.25) is 0 Å². The van der Waals surface area contributed by atoms with E-state index in [0.717, 1.165) is 12.3 Å². The molecule has 1 heterocycles. The van der Waals surface area contributed by atoms with Gasteiger partial charge in [-0.3, -0.25) is 20.0 Å². The quantitative estimate of drug-likeness (QED) is 0.655. The molecule has 0 aliphatic heterocycles. The van der Waals surface area contributed by atoms with E-state index >= 15 is 0 Å². The number of rotatable bonds is 3. The van der Waals surface area contributed by atoms with Crippen LogP contribution in [0.3, 0.4) is 0 Å². The van der Waals surface area contributed by atoms with Crippen LogP contribution in [-0.2, 0) is 0 Å². The number of aromatic amines is 1. The van der Waals surface area contributed by atoms with Crippen molar-refractivity contribution >= 4 is 17.3 Å². The van der Waals surface area contributed by atoms with Crippen molar-refractivity contribution in [1.29, 1.82) is 0 Å². The number of benzene rings is 1. The fraction of sp³-hybridized carbons (Fsp3) is 0. The molecular weight excluding hydrogens is 262 g/mol. The minimum Gasteiger partial charge on any atom is -0.314 e. The average molecular weight is 268 g/mol. The summed E-state index contributed by atoms with van der Waals surface area (Å²) in [5.74, 6) is -3.64. The summed E-state index contributed by atoms with van der Waals surface area (Å²) in [6, 6.07) is 1.38. The number of anilines is 1. The number of nitrogens with zero attached hydrogens (tertiary/aromatic N) is 2. The smallest absolute Gasteiger partial charge is 0.296 e. The van der Waals surface area contributed by atoms with Crippen molar-refractivity contribution in [3.63, 3.8) is 0 Å². The molecule has 1 aromatic carbocycles. The van der Waals surface area contributed by atoms with Crippen LogP contribution in [0.15, 0.2) is 24.5 Å². The number of amides is 1. The van der Waals surface area contributed by atoms with E-state index in [1.807, 2.05) is 5.32 Å². The van der Waals surface area contributed by atoms with E-state index in [-0.39, 0.29) is 5.56 Å². The lowest BCUT2D eigenvalue weighted by Gasteiger charge is -2.06. The predicted octanol–water partition coefficient (Wildman–Crippen LogP) is 1.85. The SMILES string of the molecule is O=C(Nc1c([N+](=O)[O-])ccc(F)c1F)c1cn[nH]c1. The van der Waals surface area contributed by atoms with Crippen molar-refractivity contribution in [2.75, 3.05) is 5.32 Å². The van der Waals surface area contributed by atoms with Crippen LogP contribution in [0, 0.1) is 21.7 Å². The van der Waals surface area contributed by atoms with Gasteiger partial charge >= 0.3 is 0 Å². The van der Waals surface area contributed by atoms with Crippen molar-refractivity contribution in [2.24, 2.45) is 0 Å². The molecule has 9 heteroatoms. The summed E-state index contributed by atoms with van der Waals surface area (Å²) in [7, 11) is 0. The standard InChI is InChI=1S/C10H6F2N4O3/c11-6-1-2-7(16(18)19)9(8(6)12)15-10(17)5-3-13-14-4-5/h1-4H,(H,13,14)(H,15,17). The number of H-pyrrole nitrogens is 1. The molecule has 98 valence electrons. The largest absolute Gasteiger partial charge is 0.314 e. The summed E-state index contributed by atoms with van der Waals surface area (Å²) >= 11 is 0.